The van der Waals surface area contributed by atoms with Gasteiger partial charge in [-0.2, -0.15) is 0 Å². The van der Waals surface area contributed by atoms with Crippen LogP contribution in [0.1, 0.15) is 22.3 Å². The first-order valence-electron chi connectivity index (χ1n) is 5.84. The molecule has 0 bridgehead atoms. The Bertz CT molecular complexity index is 718. The summed E-state index contributed by atoms with van der Waals surface area (Å²) in [6.07, 6.45) is 0. The fraction of sp³-hybridized carbons (Fsp3) is 0.154. The van der Waals surface area contributed by atoms with E-state index in [2.05, 4.69) is 15.6 Å². The van der Waals surface area contributed by atoms with Gasteiger partial charge in [0.25, 0.3) is 5.91 Å². The summed E-state index contributed by atoms with van der Waals surface area (Å²) in [5.41, 5.74) is 1.67. The second kappa shape index (κ2) is 5.70. The Kier molecular flexibility index (Phi) is 3.99. The minimum absolute atomic E-state index is 0.187. The number of benzene rings is 1. The van der Waals surface area contributed by atoms with Crippen molar-refractivity contribution in [3.63, 3.8) is 0 Å². The topological polar surface area (TPSA) is 91.1 Å². The average Bonchev–Trinajstić information content (AvgIpc) is 2.68. The molecule has 0 aliphatic carbocycles. The number of carbonyl (C=O) groups is 2. The summed E-state index contributed by atoms with van der Waals surface area (Å²) >= 11 is 0.864. The fourth-order valence-electron chi connectivity index (χ4n) is 1.69. The zero-order valence-electron chi connectivity index (χ0n) is 10.9. The van der Waals surface area contributed by atoms with E-state index >= 15 is 0 Å². The van der Waals surface area contributed by atoms with Gasteiger partial charge in [0.1, 0.15) is 4.88 Å². The minimum atomic E-state index is -0.356. The van der Waals surface area contributed by atoms with Crippen LogP contribution in [-0.4, -0.2) is 16.8 Å². The molecule has 1 aromatic heterocycles. The average molecular weight is 291 g/mol. The summed E-state index contributed by atoms with van der Waals surface area (Å²) in [6.45, 7) is 3.08. The molecule has 0 fully saturated rings. The first-order chi connectivity index (χ1) is 9.45. The molecule has 6 nitrogen and oxygen atoms in total. The van der Waals surface area contributed by atoms with Crippen molar-refractivity contribution in [2.24, 2.45) is 0 Å². The van der Waals surface area contributed by atoms with Crippen LogP contribution in [0.15, 0.2) is 29.1 Å². The van der Waals surface area contributed by atoms with E-state index in [1.165, 1.54) is 6.92 Å². The lowest BCUT2D eigenvalue weighted by atomic mass is 10.2. The standard InChI is InChI=1S/C13H13N3O3S/c1-7-11(20-13(19)14-7)12(18)16-10-5-3-4-9(6-10)15-8(2)17/h3-6H,1-2H3,(H,14,19)(H,15,17)(H,16,18). The number of aryl methyl sites for hydroxylation is 1. The molecule has 1 heterocycles. The molecule has 1 aromatic carbocycles. The fourth-order valence-corrected chi connectivity index (χ4v) is 2.42. The van der Waals surface area contributed by atoms with Crippen molar-refractivity contribution in [2.45, 2.75) is 13.8 Å². The van der Waals surface area contributed by atoms with Crippen LogP contribution in [0, 0.1) is 6.92 Å². The van der Waals surface area contributed by atoms with Crippen molar-refractivity contribution in [3.8, 4) is 0 Å². The Balaban J connectivity index is 2.17. The number of aromatic nitrogens is 1. The maximum absolute atomic E-state index is 12.0. The van der Waals surface area contributed by atoms with E-state index in [-0.39, 0.29) is 16.7 Å². The highest BCUT2D eigenvalue weighted by Gasteiger charge is 2.13. The molecule has 2 rings (SSSR count). The lowest BCUT2D eigenvalue weighted by molar-refractivity contribution is -0.114. The van der Waals surface area contributed by atoms with Crippen LogP contribution in [0.2, 0.25) is 0 Å². The number of hydrogen-bond acceptors (Lipinski definition) is 4. The molecule has 104 valence electrons. The number of rotatable bonds is 3. The maximum atomic E-state index is 12.0. The highest BCUT2D eigenvalue weighted by atomic mass is 32.1. The molecule has 7 heteroatoms. The molecular weight excluding hydrogens is 278 g/mol. The maximum Gasteiger partial charge on any atom is 0.305 e. The van der Waals surface area contributed by atoms with E-state index in [1.54, 1.807) is 31.2 Å². The number of anilines is 2. The molecule has 0 saturated carbocycles. The number of amides is 2. The van der Waals surface area contributed by atoms with E-state index in [4.69, 9.17) is 0 Å². The summed E-state index contributed by atoms with van der Waals surface area (Å²) in [5, 5.41) is 5.32. The Morgan fingerprint density at radius 2 is 1.85 bits per heavy atom. The van der Waals surface area contributed by atoms with Crippen LogP contribution in [-0.2, 0) is 4.79 Å². The van der Waals surface area contributed by atoms with E-state index < -0.39 is 0 Å². The monoisotopic (exact) mass is 291 g/mol. The molecule has 3 N–H and O–H groups in total. The number of carbonyl (C=O) groups excluding carboxylic acids is 2. The molecule has 0 unspecified atom stereocenters. The third-order valence-corrected chi connectivity index (χ3v) is 3.46. The van der Waals surface area contributed by atoms with Gasteiger partial charge in [-0.15, -0.1) is 0 Å². The molecular formula is C13H13N3O3S. The number of thiazole rings is 1. The summed E-state index contributed by atoms with van der Waals surface area (Å²) < 4.78 is 0. The zero-order valence-corrected chi connectivity index (χ0v) is 11.8. The van der Waals surface area contributed by atoms with Gasteiger partial charge in [-0.05, 0) is 25.1 Å². The predicted octanol–water partition coefficient (Wildman–Crippen LogP) is 1.96. The number of nitrogens with one attached hydrogen (secondary N) is 3. The Labute approximate surface area is 118 Å². The number of hydrogen-bond donors (Lipinski definition) is 3. The lowest BCUT2D eigenvalue weighted by Gasteiger charge is -2.07. The summed E-state index contributed by atoms with van der Waals surface area (Å²) in [5.74, 6) is -0.543. The lowest BCUT2D eigenvalue weighted by Crippen LogP contribution is -2.12. The van der Waals surface area contributed by atoms with Crippen LogP contribution in [0.4, 0.5) is 11.4 Å². The third kappa shape index (κ3) is 3.33. The molecule has 0 spiro atoms. The second-order valence-electron chi connectivity index (χ2n) is 4.18. The van der Waals surface area contributed by atoms with E-state index in [0.717, 1.165) is 11.3 Å². The Hall–Kier alpha value is -2.41. The van der Waals surface area contributed by atoms with Crippen molar-refractivity contribution >= 4 is 34.5 Å². The molecule has 20 heavy (non-hydrogen) atoms. The van der Waals surface area contributed by atoms with Gasteiger partial charge in [-0.25, -0.2) is 0 Å². The van der Waals surface area contributed by atoms with Crippen LogP contribution in [0.25, 0.3) is 0 Å². The van der Waals surface area contributed by atoms with Crippen LogP contribution < -0.4 is 15.5 Å². The molecule has 0 saturated heterocycles. The summed E-state index contributed by atoms with van der Waals surface area (Å²) in [7, 11) is 0. The molecule has 0 atom stereocenters. The summed E-state index contributed by atoms with van der Waals surface area (Å²) in [4.78, 5) is 36.8. The van der Waals surface area contributed by atoms with Gasteiger partial charge in [-0.1, -0.05) is 17.4 Å². The highest BCUT2D eigenvalue weighted by Crippen LogP contribution is 2.17. The Morgan fingerprint density at radius 1 is 1.20 bits per heavy atom. The smallest absolute Gasteiger partial charge is 0.305 e. The van der Waals surface area contributed by atoms with Gasteiger partial charge in [0.05, 0.1) is 0 Å². The van der Waals surface area contributed by atoms with Crippen molar-refractivity contribution in [3.05, 3.63) is 44.5 Å². The third-order valence-electron chi connectivity index (χ3n) is 2.47. The van der Waals surface area contributed by atoms with Crippen molar-refractivity contribution in [2.75, 3.05) is 10.6 Å². The second-order valence-corrected chi connectivity index (χ2v) is 5.17. The van der Waals surface area contributed by atoms with Crippen LogP contribution >= 0.6 is 11.3 Å². The number of H-pyrrole nitrogens is 1. The van der Waals surface area contributed by atoms with E-state index in [1.807, 2.05) is 0 Å². The quantitative estimate of drug-likeness (QED) is 0.807. The molecule has 2 aromatic rings. The normalized spacial score (nSPS) is 10.1. The van der Waals surface area contributed by atoms with Crippen molar-refractivity contribution in [1.82, 2.24) is 4.98 Å². The Morgan fingerprint density at radius 3 is 2.40 bits per heavy atom. The van der Waals surface area contributed by atoms with Gasteiger partial charge in [0.2, 0.25) is 5.91 Å². The summed E-state index contributed by atoms with van der Waals surface area (Å²) in [6, 6.07) is 6.78. The van der Waals surface area contributed by atoms with Crippen LogP contribution in [0.3, 0.4) is 0 Å². The van der Waals surface area contributed by atoms with Gasteiger partial charge in [0.15, 0.2) is 0 Å². The van der Waals surface area contributed by atoms with Gasteiger partial charge in [-0.3, -0.25) is 14.4 Å². The van der Waals surface area contributed by atoms with E-state index in [9.17, 15) is 14.4 Å². The molecule has 2 amide bonds. The zero-order chi connectivity index (χ0) is 14.7. The van der Waals surface area contributed by atoms with Gasteiger partial charge >= 0.3 is 4.87 Å². The van der Waals surface area contributed by atoms with Crippen molar-refractivity contribution in [1.29, 1.82) is 0 Å². The largest absolute Gasteiger partial charge is 0.326 e. The molecule has 0 aliphatic heterocycles. The minimum Gasteiger partial charge on any atom is -0.326 e. The van der Waals surface area contributed by atoms with Gasteiger partial charge < -0.3 is 15.6 Å². The van der Waals surface area contributed by atoms with Crippen molar-refractivity contribution < 1.29 is 9.59 Å². The first kappa shape index (κ1) is 14.0. The predicted molar refractivity (Wildman–Crippen MR) is 78.4 cm³/mol. The van der Waals surface area contributed by atoms with Crippen LogP contribution in [0.5, 0.6) is 0 Å². The highest BCUT2D eigenvalue weighted by molar-refractivity contribution is 7.11. The van der Waals surface area contributed by atoms with Gasteiger partial charge in [0, 0.05) is 24.0 Å². The first-order valence-corrected chi connectivity index (χ1v) is 6.66. The molecule has 0 radical (unpaired) electrons. The number of aromatic amines is 1. The SMILES string of the molecule is CC(=O)Nc1cccc(NC(=O)c2sc(=O)[nH]c2C)c1. The molecule has 0 aliphatic rings. The van der Waals surface area contributed by atoms with E-state index in [0.29, 0.717) is 21.9 Å².